The van der Waals surface area contributed by atoms with Crippen molar-refractivity contribution < 1.29 is 13.9 Å². The first kappa shape index (κ1) is 14.0. The van der Waals surface area contributed by atoms with Gasteiger partial charge in [0.25, 0.3) is 0 Å². The normalized spacial score (nSPS) is 21.9. The summed E-state index contributed by atoms with van der Waals surface area (Å²) < 4.78 is 19.1. The molecule has 104 valence electrons. The van der Waals surface area contributed by atoms with Crippen molar-refractivity contribution in [2.24, 2.45) is 0 Å². The van der Waals surface area contributed by atoms with Crippen LogP contribution in [0.3, 0.4) is 0 Å². The standard InChI is InChI=1S/C16H21FO2/c1-3-4-5-6-9-16(2)11-14(18)13-8-7-12(17)10-15(13)19-16/h7-8,10H,3-6,9,11H2,1-2H3. The fraction of sp³-hybridized carbons (Fsp3) is 0.562. The lowest BCUT2D eigenvalue weighted by atomic mass is 9.87. The fourth-order valence-electron chi connectivity index (χ4n) is 2.61. The van der Waals surface area contributed by atoms with E-state index in [1.165, 1.54) is 31.0 Å². The lowest BCUT2D eigenvalue weighted by Crippen LogP contribution is -2.39. The van der Waals surface area contributed by atoms with Crippen LogP contribution in [0.15, 0.2) is 18.2 Å². The third-order valence-corrected chi connectivity index (χ3v) is 3.69. The van der Waals surface area contributed by atoms with Gasteiger partial charge in [-0.2, -0.15) is 0 Å². The Morgan fingerprint density at radius 1 is 1.32 bits per heavy atom. The summed E-state index contributed by atoms with van der Waals surface area (Å²) in [6, 6.07) is 4.14. The molecule has 3 heteroatoms. The van der Waals surface area contributed by atoms with E-state index in [9.17, 15) is 9.18 Å². The number of Topliss-reactive ketones (excluding diaryl/α,β-unsaturated/α-hetero) is 1. The predicted octanol–water partition coefficient (Wildman–Crippen LogP) is 4.52. The van der Waals surface area contributed by atoms with Gasteiger partial charge in [-0.1, -0.05) is 26.2 Å². The maximum absolute atomic E-state index is 13.2. The third kappa shape index (κ3) is 3.34. The summed E-state index contributed by atoms with van der Waals surface area (Å²) in [5.74, 6) is 0.0928. The minimum Gasteiger partial charge on any atom is -0.486 e. The van der Waals surface area contributed by atoms with Crippen LogP contribution < -0.4 is 4.74 Å². The van der Waals surface area contributed by atoms with Gasteiger partial charge in [0.2, 0.25) is 0 Å². The zero-order chi connectivity index (χ0) is 13.9. The minimum atomic E-state index is -0.481. The van der Waals surface area contributed by atoms with Gasteiger partial charge in [-0.05, 0) is 31.9 Å². The fourth-order valence-corrected chi connectivity index (χ4v) is 2.61. The smallest absolute Gasteiger partial charge is 0.170 e. The number of ether oxygens (including phenoxy) is 1. The van der Waals surface area contributed by atoms with Gasteiger partial charge in [0.05, 0.1) is 12.0 Å². The molecule has 1 aromatic carbocycles. The molecule has 1 aliphatic heterocycles. The highest BCUT2D eigenvalue weighted by atomic mass is 19.1. The summed E-state index contributed by atoms with van der Waals surface area (Å²) in [6.07, 6.45) is 5.81. The number of fused-ring (bicyclic) bond motifs is 1. The Kier molecular flexibility index (Phi) is 4.23. The largest absolute Gasteiger partial charge is 0.486 e. The Bertz CT molecular complexity index is 470. The van der Waals surface area contributed by atoms with Crippen LogP contribution in [0, 0.1) is 5.82 Å². The molecule has 1 aromatic rings. The molecule has 19 heavy (non-hydrogen) atoms. The quantitative estimate of drug-likeness (QED) is 0.731. The van der Waals surface area contributed by atoms with Gasteiger partial charge in [0, 0.05) is 6.07 Å². The summed E-state index contributed by atoms with van der Waals surface area (Å²) in [5.41, 5.74) is 0.0263. The maximum Gasteiger partial charge on any atom is 0.170 e. The number of hydrogen-bond donors (Lipinski definition) is 0. The van der Waals surface area contributed by atoms with Crippen molar-refractivity contribution in [1.82, 2.24) is 0 Å². The molecule has 1 aliphatic rings. The average Bonchev–Trinajstić information content (AvgIpc) is 2.34. The number of hydrogen-bond acceptors (Lipinski definition) is 2. The molecule has 0 bridgehead atoms. The molecule has 0 aromatic heterocycles. The third-order valence-electron chi connectivity index (χ3n) is 3.69. The molecule has 0 spiro atoms. The lowest BCUT2D eigenvalue weighted by molar-refractivity contribution is 0.0451. The second kappa shape index (κ2) is 5.72. The van der Waals surface area contributed by atoms with Gasteiger partial charge in [-0.25, -0.2) is 4.39 Å². The molecule has 0 radical (unpaired) electrons. The van der Waals surface area contributed by atoms with Gasteiger partial charge in [0.15, 0.2) is 5.78 Å². The lowest BCUT2D eigenvalue weighted by Gasteiger charge is -2.35. The van der Waals surface area contributed by atoms with Gasteiger partial charge in [-0.3, -0.25) is 4.79 Å². The number of carbonyl (C=O) groups is 1. The van der Waals surface area contributed by atoms with Crippen LogP contribution in [0.4, 0.5) is 4.39 Å². The Balaban J connectivity index is 2.08. The maximum atomic E-state index is 13.2. The Labute approximate surface area is 114 Å². The van der Waals surface area contributed by atoms with Crippen LogP contribution in [0.25, 0.3) is 0 Å². The topological polar surface area (TPSA) is 26.3 Å². The molecular formula is C16H21FO2. The molecule has 0 fully saturated rings. The number of halogens is 1. The van der Waals surface area contributed by atoms with E-state index in [-0.39, 0.29) is 11.6 Å². The van der Waals surface area contributed by atoms with Crippen molar-refractivity contribution in [2.75, 3.05) is 0 Å². The molecule has 0 aliphatic carbocycles. The van der Waals surface area contributed by atoms with Crippen LogP contribution in [0.1, 0.15) is 62.7 Å². The van der Waals surface area contributed by atoms with E-state index in [2.05, 4.69) is 6.92 Å². The second-order valence-electron chi connectivity index (χ2n) is 5.60. The Morgan fingerprint density at radius 2 is 2.11 bits per heavy atom. The number of rotatable bonds is 5. The van der Waals surface area contributed by atoms with E-state index in [1.54, 1.807) is 0 Å². The number of benzene rings is 1. The average molecular weight is 264 g/mol. The van der Waals surface area contributed by atoms with E-state index in [1.807, 2.05) is 6.92 Å². The van der Waals surface area contributed by atoms with Gasteiger partial charge in [0.1, 0.15) is 17.2 Å². The molecule has 2 rings (SSSR count). The molecule has 0 saturated carbocycles. The van der Waals surface area contributed by atoms with E-state index >= 15 is 0 Å². The van der Waals surface area contributed by atoms with Crippen molar-refractivity contribution in [3.63, 3.8) is 0 Å². The van der Waals surface area contributed by atoms with Crippen molar-refractivity contribution in [3.8, 4) is 5.75 Å². The zero-order valence-corrected chi connectivity index (χ0v) is 11.7. The van der Waals surface area contributed by atoms with Crippen molar-refractivity contribution in [1.29, 1.82) is 0 Å². The summed E-state index contributed by atoms with van der Waals surface area (Å²) >= 11 is 0. The van der Waals surface area contributed by atoms with Gasteiger partial charge >= 0.3 is 0 Å². The van der Waals surface area contributed by atoms with Crippen molar-refractivity contribution in [3.05, 3.63) is 29.6 Å². The highest BCUT2D eigenvalue weighted by Gasteiger charge is 2.36. The molecule has 0 N–H and O–H groups in total. The Hall–Kier alpha value is -1.38. The van der Waals surface area contributed by atoms with Gasteiger partial charge < -0.3 is 4.74 Å². The second-order valence-corrected chi connectivity index (χ2v) is 5.60. The minimum absolute atomic E-state index is 0.0549. The van der Waals surface area contributed by atoms with Crippen molar-refractivity contribution >= 4 is 5.78 Å². The number of ketones is 1. The summed E-state index contributed by atoms with van der Waals surface area (Å²) in [6.45, 7) is 4.12. The van der Waals surface area contributed by atoms with Crippen LogP contribution in [-0.2, 0) is 0 Å². The molecular weight excluding hydrogens is 243 g/mol. The zero-order valence-electron chi connectivity index (χ0n) is 11.7. The molecule has 0 amide bonds. The molecule has 1 heterocycles. The predicted molar refractivity (Wildman–Crippen MR) is 73.1 cm³/mol. The SMILES string of the molecule is CCCCCCC1(C)CC(=O)c2ccc(F)cc2O1. The Morgan fingerprint density at radius 3 is 2.84 bits per heavy atom. The van der Waals surface area contributed by atoms with Gasteiger partial charge in [-0.15, -0.1) is 0 Å². The highest BCUT2D eigenvalue weighted by molar-refractivity contribution is 6.00. The first-order chi connectivity index (χ1) is 9.04. The van der Waals surface area contributed by atoms with Crippen LogP contribution in [-0.4, -0.2) is 11.4 Å². The summed E-state index contributed by atoms with van der Waals surface area (Å²) in [4.78, 5) is 12.1. The first-order valence-electron chi connectivity index (χ1n) is 7.06. The van der Waals surface area contributed by atoms with E-state index in [0.717, 1.165) is 19.3 Å². The number of carbonyl (C=O) groups excluding carboxylic acids is 1. The highest BCUT2D eigenvalue weighted by Crippen LogP contribution is 2.36. The summed E-state index contributed by atoms with van der Waals surface area (Å²) in [5, 5.41) is 0. The summed E-state index contributed by atoms with van der Waals surface area (Å²) in [7, 11) is 0. The first-order valence-corrected chi connectivity index (χ1v) is 7.06. The van der Waals surface area contributed by atoms with Crippen LogP contribution in [0.2, 0.25) is 0 Å². The van der Waals surface area contributed by atoms with Crippen LogP contribution in [0.5, 0.6) is 5.75 Å². The monoisotopic (exact) mass is 264 g/mol. The molecule has 1 unspecified atom stereocenters. The van der Waals surface area contributed by atoms with E-state index < -0.39 is 5.60 Å². The number of unbranched alkanes of at least 4 members (excludes halogenated alkanes) is 3. The molecule has 0 saturated heterocycles. The van der Waals surface area contributed by atoms with Crippen LogP contribution >= 0.6 is 0 Å². The molecule has 1 atom stereocenters. The molecule has 2 nitrogen and oxygen atoms in total. The van der Waals surface area contributed by atoms with E-state index in [0.29, 0.717) is 17.7 Å². The van der Waals surface area contributed by atoms with Crippen molar-refractivity contribution in [2.45, 2.75) is 58.0 Å². The van der Waals surface area contributed by atoms with E-state index in [4.69, 9.17) is 4.74 Å².